The molecule has 0 aromatic carbocycles. The summed E-state index contributed by atoms with van der Waals surface area (Å²) >= 11 is 0. The van der Waals surface area contributed by atoms with Crippen LogP contribution in [-0.2, 0) is 4.74 Å². The Bertz CT molecular complexity index is 618. The van der Waals surface area contributed by atoms with Crippen LogP contribution in [0.3, 0.4) is 0 Å². The van der Waals surface area contributed by atoms with Gasteiger partial charge >= 0.3 is 0 Å². The van der Waals surface area contributed by atoms with Gasteiger partial charge in [-0.05, 0) is 84.6 Å². The number of fused-ring (bicyclic) bond motifs is 1. The molecule has 1 aliphatic carbocycles. The zero-order valence-corrected chi connectivity index (χ0v) is 19.4. The third-order valence-electron chi connectivity index (χ3n) is 6.82. The van der Waals surface area contributed by atoms with Gasteiger partial charge in [0.15, 0.2) is 0 Å². The number of allylic oxidation sites excluding steroid dienone is 6. The first-order valence-corrected chi connectivity index (χ1v) is 11.7. The first-order valence-electron chi connectivity index (χ1n) is 11.7. The summed E-state index contributed by atoms with van der Waals surface area (Å²) in [5, 5.41) is 0. The van der Waals surface area contributed by atoms with E-state index in [-0.39, 0.29) is 5.60 Å². The number of rotatable bonds is 10. The molecular formula is C27H44O. The lowest BCUT2D eigenvalue weighted by atomic mass is 9.78. The van der Waals surface area contributed by atoms with Gasteiger partial charge in [0.1, 0.15) is 0 Å². The molecule has 0 spiro atoms. The standard InChI is InChI=1S/C27H44O/c1-7-8-9-12-21(2)13-10-14-22(3)15-11-19-27(6)20-18-25-17-16-23(4)24(5)26(25)28-27/h13,15-17,24,26H,7-12,14,18-20H2,1-6H3. The minimum Gasteiger partial charge on any atom is -0.367 e. The van der Waals surface area contributed by atoms with Crippen molar-refractivity contribution in [2.45, 2.75) is 117 Å². The Kier molecular flexibility index (Phi) is 9.28. The second-order valence-corrected chi connectivity index (χ2v) is 9.56. The molecule has 1 aliphatic heterocycles. The van der Waals surface area contributed by atoms with Crippen LogP contribution in [-0.4, -0.2) is 11.7 Å². The average Bonchev–Trinajstić information content (AvgIpc) is 2.65. The largest absolute Gasteiger partial charge is 0.367 e. The van der Waals surface area contributed by atoms with E-state index in [2.05, 4.69) is 65.8 Å². The molecule has 1 heterocycles. The molecule has 0 aromatic heterocycles. The molecule has 3 atom stereocenters. The van der Waals surface area contributed by atoms with Crippen LogP contribution >= 0.6 is 0 Å². The molecule has 1 fully saturated rings. The van der Waals surface area contributed by atoms with Crippen molar-refractivity contribution in [3.8, 4) is 0 Å². The lowest BCUT2D eigenvalue weighted by molar-refractivity contribution is -0.110. The molecule has 0 amide bonds. The fourth-order valence-electron chi connectivity index (χ4n) is 4.43. The van der Waals surface area contributed by atoms with Gasteiger partial charge in [0.2, 0.25) is 0 Å². The van der Waals surface area contributed by atoms with E-state index in [9.17, 15) is 0 Å². The molecule has 0 N–H and O–H groups in total. The van der Waals surface area contributed by atoms with E-state index < -0.39 is 0 Å². The summed E-state index contributed by atoms with van der Waals surface area (Å²) in [6.45, 7) is 13.7. The van der Waals surface area contributed by atoms with Gasteiger partial charge < -0.3 is 4.74 Å². The first-order chi connectivity index (χ1) is 13.3. The number of hydrogen-bond acceptors (Lipinski definition) is 1. The Morgan fingerprint density at radius 2 is 1.82 bits per heavy atom. The first kappa shape index (κ1) is 23.2. The van der Waals surface area contributed by atoms with Crippen LogP contribution in [0.4, 0.5) is 0 Å². The van der Waals surface area contributed by atoms with Crippen molar-refractivity contribution in [2.75, 3.05) is 0 Å². The van der Waals surface area contributed by atoms with Crippen molar-refractivity contribution in [3.63, 3.8) is 0 Å². The maximum Gasteiger partial charge on any atom is 0.0858 e. The van der Waals surface area contributed by atoms with Gasteiger partial charge in [-0.3, -0.25) is 0 Å². The second-order valence-electron chi connectivity index (χ2n) is 9.56. The van der Waals surface area contributed by atoms with E-state index >= 15 is 0 Å². The van der Waals surface area contributed by atoms with Crippen molar-refractivity contribution >= 4 is 0 Å². The minimum absolute atomic E-state index is 0.0282. The fourth-order valence-corrected chi connectivity index (χ4v) is 4.43. The van der Waals surface area contributed by atoms with Crippen LogP contribution in [0.25, 0.3) is 0 Å². The van der Waals surface area contributed by atoms with Gasteiger partial charge in [0, 0.05) is 5.92 Å². The fraction of sp³-hybridized carbons (Fsp3) is 0.704. The van der Waals surface area contributed by atoms with Crippen LogP contribution in [0, 0.1) is 5.92 Å². The SMILES string of the molecule is CCCCCC(C)=CCCC(C)=CCCC1(C)CCC2=CC=C(C)C(C)C2O1. The van der Waals surface area contributed by atoms with E-state index in [0.29, 0.717) is 12.0 Å². The zero-order chi connectivity index (χ0) is 20.6. The van der Waals surface area contributed by atoms with Gasteiger partial charge in [0.25, 0.3) is 0 Å². The van der Waals surface area contributed by atoms with E-state index in [0.717, 1.165) is 19.3 Å². The third-order valence-corrected chi connectivity index (χ3v) is 6.82. The van der Waals surface area contributed by atoms with Gasteiger partial charge in [-0.25, -0.2) is 0 Å². The highest BCUT2D eigenvalue weighted by atomic mass is 16.5. The molecular weight excluding hydrogens is 340 g/mol. The summed E-state index contributed by atoms with van der Waals surface area (Å²) in [4.78, 5) is 0. The molecule has 0 aromatic rings. The van der Waals surface area contributed by atoms with Gasteiger partial charge in [0.05, 0.1) is 11.7 Å². The highest BCUT2D eigenvalue weighted by Gasteiger charge is 2.38. The lowest BCUT2D eigenvalue weighted by Crippen LogP contribution is -2.43. The molecule has 3 unspecified atom stereocenters. The maximum atomic E-state index is 6.65. The summed E-state index contributed by atoms with van der Waals surface area (Å²) < 4.78 is 6.65. The number of unbranched alkanes of at least 4 members (excludes halogenated alkanes) is 2. The Morgan fingerprint density at radius 3 is 2.57 bits per heavy atom. The predicted molar refractivity (Wildman–Crippen MR) is 124 cm³/mol. The molecule has 1 nitrogen and oxygen atoms in total. The maximum absolute atomic E-state index is 6.65. The Labute approximate surface area is 175 Å². The minimum atomic E-state index is 0.0282. The van der Waals surface area contributed by atoms with Gasteiger partial charge in [-0.1, -0.05) is 67.7 Å². The topological polar surface area (TPSA) is 9.23 Å². The Hall–Kier alpha value is -1.08. The second kappa shape index (κ2) is 11.2. The van der Waals surface area contributed by atoms with Crippen LogP contribution in [0.5, 0.6) is 0 Å². The molecule has 0 radical (unpaired) electrons. The molecule has 2 rings (SSSR count). The van der Waals surface area contributed by atoms with Gasteiger partial charge in [-0.2, -0.15) is 0 Å². The monoisotopic (exact) mass is 384 g/mol. The van der Waals surface area contributed by atoms with Crippen LogP contribution in [0.2, 0.25) is 0 Å². The van der Waals surface area contributed by atoms with Crippen molar-refractivity contribution < 1.29 is 4.74 Å². The summed E-state index contributed by atoms with van der Waals surface area (Å²) in [5.74, 6) is 0.518. The smallest absolute Gasteiger partial charge is 0.0858 e. The summed E-state index contributed by atoms with van der Waals surface area (Å²) in [7, 11) is 0. The molecule has 0 saturated carbocycles. The Balaban J connectivity index is 1.75. The molecule has 158 valence electrons. The summed E-state index contributed by atoms with van der Waals surface area (Å²) in [6.07, 6.45) is 22.1. The molecule has 0 bridgehead atoms. The summed E-state index contributed by atoms with van der Waals surface area (Å²) in [5.41, 5.74) is 6.08. The highest BCUT2D eigenvalue weighted by Crippen LogP contribution is 2.41. The Morgan fingerprint density at radius 1 is 1.11 bits per heavy atom. The van der Waals surface area contributed by atoms with Crippen molar-refractivity contribution in [1.29, 1.82) is 0 Å². The number of hydrogen-bond donors (Lipinski definition) is 0. The molecule has 1 heteroatoms. The summed E-state index contributed by atoms with van der Waals surface area (Å²) in [6, 6.07) is 0. The van der Waals surface area contributed by atoms with Crippen molar-refractivity contribution in [3.05, 3.63) is 46.6 Å². The molecule has 2 aliphatic rings. The average molecular weight is 385 g/mol. The van der Waals surface area contributed by atoms with Crippen molar-refractivity contribution in [2.24, 2.45) is 5.92 Å². The van der Waals surface area contributed by atoms with Crippen molar-refractivity contribution in [1.82, 2.24) is 0 Å². The number of ether oxygens (including phenoxy) is 1. The van der Waals surface area contributed by atoms with Crippen LogP contribution < -0.4 is 0 Å². The van der Waals surface area contributed by atoms with E-state index in [1.165, 1.54) is 61.7 Å². The van der Waals surface area contributed by atoms with Crippen LogP contribution in [0.15, 0.2) is 46.6 Å². The third kappa shape index (κ3) is 7.07. The van der Waals surface area contributed by atoms with Crippen LogP contribution in [0.1, 0.15) is 106 Å². The van der Waals surface area contributed by atoms with E-state index in [1.807, 2.05) is 0 Å². The molecule has 1 saturated heterocycles. The lowest BCUT2D eigenvalue weighted by Gasteiger charge is -2.44. The quantitative estimate of drug-likeness (QED) is 0.271. The molecule has 28 heavy (non-hydrogen) atoms. The zero-order valence-electron chi connectivity index (χ0n) is 19.4. The normalized spacial score (nSPS) is 28.6. The predicted octanol–water partition coefficient (Wildman–Crippen LogP) is 8.48. The van der Waals surface area contributed by atoms with E-state index in [4.69, 9.17) is 4.74 Å². The van der Waals surface area contributed by atoms with Gasteiger partial charge in [-0.15, -0.1) is 0 Å². The highest BCUT2D eigenvalue weighted by molar-refractivity contribution is 5.30. The van der Waals surface area contributed by atoms with E-state index in [1.54, 1.807) is 5.57 Å².